The van der Waals surface area contributed by atoms with E-state index in [0.29, 0.717) is 38.4 Å². The first-order chi connectivity index (χ1) is 12.1. The number of likely N-dealkylation sites (tertiary alicyclic amines) is 1. The molecule has 2 aliphatic rings. The molecule has 0 bridgehead atoms. The van der Waals surface area contributed by atoms with Crippen molar-refractivity contribution in [2.75, 3.05) is 13.1 Å². The van der Waals surface area contributed by atoms with Crippen LogP contribution in [0.5, 0.6) is 0 Å². The molecule has 1 aromatic heterocycles. The summed E-state index contributed by atoms with van der Waals surface area (Å²) in [5, 5.41) is 3.02. The molecule has 1 saturated carbocycles. The van der Waals surface area contributed by atoms with Crippen LogP contribution in [0.3, 0.4) is 0 Å². The highest BCUT2D eigenvalue weighted by Crippen LogP contribution is 2.27. The molecule has 1 atom stereocenters. The number of nitrogens with zero attached hydrogens (tertiary/aromatic N) is 1. The van der Waals surface area contributed by atoms with Gasteiger partial charge in [0.1, 0.15) is 11.5 Å². The van der Waals surface area contributed by atoms with Gasteiger partial charge in [-0.2, -0.15) is 0 Å². The highest BCUT2D eigenvalue weighted by Gasteiger charge is 2.34. The molecule has 2 heterocycles. The fourth-order valence-corrected chi connectivity index (χ4v) is 4.08. The predicted octanol–water partition coefficient (Wildman–Crippen LogP) is 3.21. The molecule has 1 saturated heterocycles. The SMILES string of the molecule is Cc1ccc(CCNC(=O)C2CCC(=O)N(C3CCCCCC3)C2)o1. The van der Waals surface area contributed by atoms with E-state index in [-0.39, 0.29) is 17.7 Å². The second kappa shape index (κ2) is 8.54. The van der Waals surface area contributed by atoms with Crippen LogP contribution in [0.2, 0.25) is 0 Å². The van der Waals surface area contributed by atoms with Crippen LogP contribution in [0.25, 0.3) is 0 Å². The summed E-state index contributed by atoms with van der Waals surface area (Å²) in [6.45, 7) is 3.10. The molecule has 1 aliphatic heterocycles. The van der Waals surface area contributed by atoms with Crippen LogP contribution in [0.1, 0.15) is 62.9 Å². The molecule has 0 spiro atoms. The molecule has 1 N–H and O–H groups in total. The summed E-state index contributed by atoms with van der Waals surface area (Å²) in [5.74, 6) is 2.04. The Labute approximate surface area is 150 Å². The number of carbonyl (C=O) groups is 2. The smallest absolute Gasteiger partial charge is 0.224 e. The molecule has 0 radical (unpaired) electrons. The first-order valence-electron chi connectivity index (χ1n) is 9.76. The number of nitrogens with one attached hydrogen (secondary N) is 1. The lowest BCUT2D eigenvalue weighted by Gasteiger charge is -2.37. The molecule has 1 aliphatic carbocycles. The summed E-state index contributed by atoms with van der Waals surface area (Å²) in [6.07, 6.45) is 9.03. The minimum absolute atomic E-state index is 0.0701. The Morgan fingerprint density at radius 3 is 2.64 bits per heavy atom. The van der Waals surface area contributed by atoms with Gasteiger partial charge in [-0.3, -0.25) is 9.59 Å². The monoisotopic (exact) mass is 346 g/mol. The van der Waals surface area contributed by atoms with E-state index in [0.717, 1.165) is 24.4 Å². The van der Waals surface area contributed by atoms with Gasteiger partial charge in [0.05, 0.1) is 5.92 Å². The lowest BCUT2D eigenvalue weighted by atomic mass is 9.93. The Kier molecular flexibility index (Phi) is 6.16. The molecule has 1 unspecified atom stereocenters. The summed E-state index contributed by atoms with van der Waals surface area (Å²) >= 11 is 0. The number of rotatable bonds is 5. The molecule has 138 valence electrons. The van der Waals surface area contributed by atoms with E-state index in [1.807, 2.05) is 24.0 Å². The highest BCUT2D eigenvalue weighted by atomic mass is 16.3. The second-order valence-electron chi connectivity index (χ2n) is 7.48. The molecule has 1 aromatic rings. The first-order valence-corrected chi connectivity index (χ1v) is 9.76. The van der Waals surface area contributed by atoms with Crippen molar-refractivity contribution in [3.8, 4) is 0 Å². The summed E-state index contributed by atoms with van der Waals surface area (Å²) in [7, 11) is 0. The predicted molar refractivity (Wildman–Crippen MR) is 96.1 cm³/mol. The minimum atomic E-state index is -0.0701. The Morgan fingerprint density at radius 1 is 1.20 bits per heavy atom. The third kappa shape index (κ3) is 4.86. The van der Waals surface area contributed by atoms with Crippen LogP contribution in [-0.4, -0.2) is 35.8 Å². The quantitative estimate of drug-likeness (QED) is 0.833. The van der Waals surface area contributed by atoms with E-state index in [2.05, 4.69) is 5.32 Å². The van der Waals surface area contributed by atoms with Gasteiger partial charge in [-0.1, -0.05) is 25.7 Å². The van der Waals surface area contributed by atoms with Gasteiger partial charge >= 0.3 is 0 Å². The highest BCUT2D eigenvalue weighted by molar-refractivity contribution is 5.84. The van der Waals surface area contributed by atoms with Crippen molar-refractivity contribution in [2.24, 2.45) is 5.92 Å². The second-order valence-corrected chi connectivity index (χ2v) is 7.48. The van der Waals surface area contributed by atoms with Crippen LogP contribution in [0, 0.1) is 12.8 Å². The zero-order valence-corrected chi connectivity index (χ0v) is 15.3. The maximum atomic E-state index is 12.5. The molecule has 25 heavy (non-hydrogen) atoms. The van der Waals surface area contributed by atoms with Crippen molar-refractivity contribution in [3.63, 3.8) is 0 Å². The van der Waals surface area contributed by atoms with Gasteiger partial charge < -0.3 is 14.6 Å². The first kappa shape index (κ1) is 18.0. The summed E-state index contributed by atoms with van der Waals surface area (Å²) in [6, 6.07) is 4.24. The maximum absolute atomic E-state index is 12.5. The molecule has 2 fully saturated rings. The number of hydrogen-bond acceptors (Lipinski definition) is 3. The average molecular weight is 346 g/mol. The van der Waals surface area contributed by atoms with Gasteiger partial charge in [0.15, 0.2) is 0 Å². The van der Waals surface area contributed by atoms with Gasteiger partial charge in [0.25, 0.3) is 0 Å². The molecule has 5 nitrogen and oxygen atoms in total. The topological polar surface area (TPSA) is 62.6 Å². The van der Waals surface area contributed by atoms with Crippen LogP contribution < -0.4 is 5.32 Å². The van der Waals surface area contributed by atoms with Gasteiger partial charge in [-0.15, -0.1) is 0 Å². The zero-order chi connectivity index (χ0) is 17.6. The fourth-order valence-electron chi connectivity index (χ4n) is 4.08. The van der Waals surface area contributed by atoms with E-state index in [1.165, 1.54) is 25.7 Å². The van der Waals surface area contributed by atoms with Crippen LogP contribution in [0.15, 0.2) is 16.5 Å². The molecule has 2 amide bonds. The standard InChI is InChI=1S/C20H30N2O3/c1-15-8-10-18(25-15)12-13-21-20(24)16-9-11-19(23)22(14-16)17-6-4-2-3-5-7-17/h8,10,16-17H,2-7,9,11-14H2,1H3,(H,21,24). The lowest BCUT2D eigenvalue weighted by Crippen LogP contribution is -2.50. The van der Waals surface area contributed by atoms with E-state index >= 15 is 0 Å². The lowest BCUT2D eigenvalue weighted by molar-refractivity contribution is -0.141. The number of aryl methyl sites for hydroxylation is 1. The number of amides is 2. The van der Waals surface area contributed by atoms with Gasteiger partial charge in [0, 0.05) is 32.0 Å². The zero-order valence-electron chi connectivity index (χ0n) is 15.3. The van der Waals surface area contributed by atoms with Crippen molar-refractivity contribution in [3.05, 3.63) is 23.7 Å². The number of piperidine rings is 1. The summed E-state index contributed by atoms with van der Waals surface area (Å²) < 4.78 is 5.53. The number of hydrogen-bond donors (Lipinski definition) is 1. The maximum Gasteiger partial charge on any atom is 0.224 e. The van der Waals surface area contributed by atoms with Crippen molar-refractivity contribution < 1.29 is 14.0 Å². The van der Waals surface area contributed by atoms with Crippen LogP contribution >= 0.6 is 0 Å². The van der Waals surface area contributed by atoms with Crippen LogP contribution in [-0.2, 0) is 16.0 Å². The third-order valence-electron chi connectivity index (χ3n) is 5.55. The summed E-state index contributed by atoms with van der Waals surface area (Å²) in [5.41, 5.74) is 0. The van der Waals surface area contributed by atoms with Gasteiger partial charge in [0.2, 0.25) is 11.8 Å². The normalized spacial score (nSPS) is 22.7. The fraction of sp³-hybridized carbons (Fsp3) is 0.700. The number of furan rings is 1. The van der Waals surface area contributed by atoms with E-state index in [1.54, 1.807) is 0 Å². The van der Waals surface area contributed by atoms with E-state index in [4.69, 9.17) is 4.42 Å². The van der Waals surface area contributed by atoms with Gasteiger partial charge in [-0.05, 0) is 38.3 Å². The number of carbonyl (C=O) groups excluding carboxylic acids is 2. The largest absolute Gasteiger partial charge is 0.466 e. The Balaban J connectivity index is 1.49. The van der Waals surface area contributed by atoms with Crippen molar-refractivity contribution in [1.29, 1.82) is 0 Å². The molecular weight excluding hydrogens is 316 g/mol. The summed E-state index contributed by atoms with van der Waals surface area (Å²) in [4.78, 5) is 26.9. The van der Waals surface area contributed by atoms with Crippen LogP contribution in [0.4, 0.5) is 0 Å². The van der Waals surface area contributed by atoms with Crippen molar-refractivity contribution >= 4 is 11.8 Å². The van der Waals surface area contributed by atoms with E-state index in [9.17, 15) is 9.59 Å². The molecule has 0 aromatic carbocycles. The Hall–Kier alpha value is -1.78. The van der Waals surface area contributed by atoms with Crippen molar-refractivity contribution in [2.45, 2.75) is 70.8 Å². The average Bonchev–Trinajstić information content (AvgIpc) is 2.85. The minimum Gasteiger partial charge on any atom is -0.466 e. The van der Waals surface area contributed by atoms with Gasteiger partial charge in [-0.25, -0.2) is 0 Å². The molecule has 3 rings (SSSR count). The molecular formula is C20H30N2O3. The van der Waals surface area contributed by atoms with Crippen molar-refractivity contribution in [1.82, 2.24) is 10.2 Å². The Morgan fingerprint density at radius 2 is 1.96 bits per heavy atom. The molecule has 5 heteroatoms. The third-order valence-corrected chi connectivity index (χ3v) is 5.55. The Bertz CT molecular complexity index is 588. The van der Waals surface area contributed by atoms with E-state index < -0.39 is 0 Å².